The van der Waals surface area contributed by atoms with Crippen LogP contribution in [0.2, 0.25) is 0 Å². The molecule has 10 nitrogen and oxygen atoms in total. The van der Waals surface area contributed by atoms with Gasteiger partial charge in [-0.05, 0) is 43.7 Å². The predicted octanol–water partition coefficient (Wildman–Crippen LogP) is 2.04. The van der Waals surface area contributed by atoms with E-state index < -0.39 is 18.0 Å². The van der Waals surface area contributed by atoms with Gasteiger partial charge in [0.25, 0.3) is 5.91 Å². The summed E-state index contributed by atoms with van der Waals surface area (Å²) in [4.78, 5) is 31.3. The van der Waals surface area contributed by atoms with Crippen molar-refractivity contribution >= 4 is 11.9 Å². The molecule has 0 saturated heterocycles. The maximum absolute atomic E-state index is 12.7. The molecule has 1 unspecified atom stereocenters. The van der Waals surface area contributed by atoms with Gasteiger partial charge in [-0.1, -0.05) is 6.92 Å². The lowest BCUT2D eigenvalue weighted by Gasteiger charge is -2.18. The van der Waals surface area contributed by atoms with Crippen LogP contribution in [0.25, 0.3) is 0 Å². The van der Waals surface area contributed by atoms with E-state index >= 15 is 0 Å². The molecular weight excluding hydrogens is 402 g/mol. The van der Waals surface area contributed by atoms with E-state index in [0.717, 1.165) is 25.5 Å². The molecule has 1 amide bonds. The van der Waals surface area contributed by atoms with Gasteiger partial charge in [-0.25, -0.2) is 14.8 Å². The van der Waals surface area contributed by atoms with Gasteiger partial charge in [0.05, 0.1) is 18.6 Å². The minimum Gasteiger partial charge on any atom is -0.487 e. The summed E-state index contributed by atoms with van der Waals surface area (Å²) in [6, 6.07) is 4.81. The fourth-order valence-electron chi connectivity index (χ4n) is 2.82. The fourth-order valence-corrected chi connectivity index (χ4v) is 2.82. The summed E-state index contributed by atoms with van der Waals surface area (Å²) in [5.41, 5.74) is 5.75. The third kappa shape index (κ3) is 5.92. The number of amides is 1. The number of nitrogens with one attached hydrogen (secondary N) is 2. The Hall–Kier alpha value is -3.66. The summed E-state index contributed by atoms with van der Waals surface area (Å²) in [7, 11) is 1.73. The first kappa shape index (κ1) is 22.0. The van der Waals surface area contributed by atoms with Gasteiger partial charge in [0.15, 0.2) is 5.69 Å². The number of carboxylic acids is 1. The van der Waals surface area contributed by atoms with E-state index in [1.54, 1.807) is 31.5 Å². The van der Waals surface area contributed by atoms with E-state index in [-0.39, 0.29) is 17.2 Å². The highest BCUT2D eigenvalue weighted by Gasteiger charge is 2.43. The Kier molecular flexibility index (Phi) is 6.71. The highest BCUT2D eigenvalue weighted by Crippen LogP contribution is 2.43. The van der Waals surface area contributed by atoms with Gasteiger partial charge in [-0.15, -0.1) is 0 Å². The number of benzene rings is 1. The number of hydrogen-bond donors (Lipinski definition) is 4. The number of nitrogens with two attached hydrogens (primary N) is 1. The van der Waals surface area contributed by atoms with Crippen molar-refractivity contribution in [1.82, 2.24) is 20.6 Å². The molecule has 0 bridgehead atoms. The number of aromatic carboxylic acids is 1. The molecule has 164 valence electrons. The van der Waals surface area contributed by atoms with E-state index in [1.807, 2.05) is 6.92 Å². The third-order valence-corrected chi connectivity index (χ3v) is 4.77. The summed E-state index contributed by atoms with van der Waals surface area (Å²) < 4.78 is 11.8. The second-order valence-corrected chi connectivity index (χ2v) is 7.13. The van der Waals surface area contributed by atoms with Gasteiger partial charge in [0.2, 0.25) is 5.88 Å². The zero-order valence-corrected chi connectivity index (χ0v) is 17.3. The van der Waals surface area contributed by atoms with Crippen LogP contribution in [-0.4, -0.2) is 45.8 Å². The molecule has 0 spiro atoms. The van der Waals surface area contributed by atoms with Crippen LogP contribution in [0.3, 0.4) is 0 Å². The molecule has 1 aliphatic carbocycles. The Labute approximate surface area is 179 Å². The van der Waals surface area contributed by atoms with Crippen LogP contribution in [0.5, 0.6) is 17.4 Å². The average molecular weight is 427 g/mol. The second kappa shape index (κ2) is 9.43. The van der Waals surface area contributed by atoms with Gasteiger partial charge in [-0.3, -0.25) is 4.79 Å². The van der Waals surface area contributed by atoms with E-state index in [0.29, 0.717) is 17.1 Å². The van der Waals surface area contributed by atoms with E-state index in [2.05, 4.69) is 20.6 Å². The topological polar surface area (TPSA) is 149 Å². The third-order valence-electron chi connectivity index (χ3n) is 4.77. The second-order valence-electron chi connectivity index (χ2n) is 7.13. The molecule has 5 N–H and O–H groups in total. The van der Waals surface area contributed by atoms with Crippen molar-refractivity contribution in [3.63, 3.8) is 0 Å². The lowest BCUT2D eigenvalue weighted by Crippen LogP contribution is -2.40. The van der Waals surface area contributed by atoms with Crippen LogP contribution >= 0.6 is 0 Å². The maximum atomic E-state index is 12.7. The van der Waals surface area contributed by atoms with E-state index in [4.69, 9.17) is 20.3 Å². The normalized spacial score (nSPS) is 15.2. The van der Waals surface area contributed by atoms with Crippen molar-refractivity contribution in [1.29, 1.82) is 0 Å². The summed E-state index contributed by atoms with van der Waals surface area (Å²) >= 11 is 0. The highest BCUT2D eigenvalue weighted by molar-refractivity contribution is 5.95. The van der Waals surface area contributed by atoms with Crippen LogP contribution in [0, 0.1) is 0 Å². The molecule has 1 heterocycles. The lowest BCUT2D eigenvalue weighted by atomic mass is 10.1. The van der Waals surface area contributed by atoms with Crippen molar-refractivity contribution in [2.24, 2.45) is 5.73 Å². The Bertz CT molecular complexity index is 973. The zero-order valence-electron chi connectivity index (χ0n) is 17.3. The first-order chi connectivity index (χ1) is 14.8. The van der Waals surface area contributed by atoms with Crippen LogP contribution in [-0.2, 0) is 0 Å². The van der Waals surface area contributed by atoms with Gasteiger partial charge in [0.1, 0.15) is 17.1 Å². The number of rotatable bonds is 10. The number of aromatic nitrogens is 2. The monoisotopic (exact) mass is 427 g/mol. The molecule has 1 fully saturated rings. The molecule has 1 aromatic carbocycles. The summed E-state index contributed by atoms with van der Waals surface area (Å²) in [6.45, 7) is 2.05. The quantitative estimate of drug-likeness (QED) is 0.418. The summed E-state index contributed by atoms with van der Waals surface area (Å²) in [5, 5.41) is 14.4. The molecule has 1 aliphatic rings. The lowest BCUT2D eigenvalue weighted by molar-refractivity contribution is 0.0689. The molecule has 0 aliphatic heterocycles. The van der Waals surface area contributed by atoms with Crippen LogP contribution in [0.15, 0.2) is 42.9 Å². The first-order valence-electron chi connectivity index (χ1n) is 9.82. The van der Waals surface area contributed by atoms with Crippen LogP contribution in [0.1, 0.15) is 47.0 Å². The predicted molar refractivity (Wildman–Crippen MR) is 112 cm³/mol. The van der Waals surface area contributed by atoms with Gasteiger partial charge >= 0.3 is 5.97 Å². The van der Waals surface area contributed by atoms with Crippen molar-refractivity contribution in [3.8, 4) is 17.4 Å². The Morgan fingerprint density at radius 2 is 2.00 bits per heavy atom. The molecule has 0 radical (unpaired) electrons. The largest absolute Gasteiger partial charge is 0.487 e. The average Bonchev–Trinajstić information content (AvgIpc) is 3.52. The minimum absolute atomic E-state index is 0.0822. The van der Waals surface area contributed by atoms with Gasteiger partial charge < -0.3 is 30.9 Å². The van der Waals surface area contributed by atoms with Gasteiger partial charge in [-0.2, -0.15) is 0 Å². The molecule has 1 atom stereocenters. The number of hydrogen-bond acceptors (Lipinski definition) is 8. The summed E-state index contributed by atoms with van der Waals surface area (Å²) in [5.74, 6) is -0.731. The van der Waals surface area contributed by atoms with Crippen LogP contribution < -0.4 is 25.8 Å². The zero-order chi connectivity index (χ0) is 22.4. The number of nitrogens with zero attached hydrogens (tertiary/aromatic N) is 2. The molecule has 1 aromatic heterocycles. The first-order valence-corrected chi connectivity index (χ1v) is 9.82. The Morgan fingerprint density at radius 3 is 2.58 bits per heavy atom. The molecule has 1 saturated carbocycles. The molecule has 31 heavy (non-hydrogen) atoms. The smallest absolute Gasteiger partial charge is 0.356 e. The van der Waals surface area contributed by atoms with Crippen molar-refractivity contribution in [2.75, 3.05) is 7.05 Å². The van der Waals surface area contributed by atoms with E-state index in [9.17, 15) is 9.59 Å². The molecule has 10 heteroatoms. The summed E-state index contributed by atoms with van der Waals surface area (Å²) in [6.07, 6.45) is 7.56. The Balaban J connectivity index is 1.84. The molecular formula is C21H25N5O5. The molecule has 2 aromatic rings. The number of carbonyl (C=O) groups excluding carboxylic acids is 1. The fraction of sp³-hybridized carbons (Fsp3) is 0.333. The van der Waals surface area contributed by atoms with E-state index in [1.165, 1.54) is 12.3 Å². The van der Waals surface area contributed by atoms with Crippen LogP contribution in [0.4, 0.5) is 0 Å². The number of ether oxygens (including phenoxy) is 2. The highest BCUT2D eigenvalue weighted by atomic mass is 16.5. The van der Waals surface area contributed by atoms with Crippen molar-refractivity contribution < 1.29 is 24.2 Å². The Morgan fingerprint density at radius 1 is 1.26 bits per heavy atom. The number of carbonyl (C=O) groups is 2. The SMILES string of the molecule is CCC1(Oc2cc(Oc3cnc(C(=O)O)cn3)cc(C(=O)NC(N)C=CNC)c2)CC1. The maximum Gasteiger partial charge on any atom is 0.356 e. The number of carboxylic acid groups (broad SMARTS) is 1. The molecule has 3 rings (SSSR count). The van der Waals surface area contributed by atoms with Crippen molar-refractivity contribution in [2.45, 2.75) is 38.0 Å². The standard InChI is InChI=1S/C21H25N5O5/c1-3-21(5-6-21)31-15-9-13(19(27)26-17(22)4-7-23-2)8-14(10-15)30-18-12-24-16(11-25-18)20(28)29/h4,7-12,17,23H,3,5-6,22H2,1-2H3,(H,26,27)(H,28,29). The van der Waals surface area contributed by atoms with Crippen molar-refractivity contribution in [3.05, 3.63) is 54.1 Å². The van der Waals surface area contributed by atoms with Gasteiger partial charge in [0, 0.05) is 18.7 Å². The minimum atomic E-state index is -1.19.